The van der Waals surface area contributed by atoms with Gasteiger partial charge >= 0.3 is 0 Å². The summed E-state index contributed by atoms with van der Waals surface area (Å²) in [6.07, 6.45) is 8.39. The molecule has 0 saturated heterocycles. The van der Waals surface area contributed by atoms with Crippen LogP contribution in [0.1, 0.15) is 37.3 Å². The van der Waals surface area contributed by atoms with Crippen molar-refractivity contribution in [3.63, 3.8) is 0 Å². The molecule has 1 aromatic carbocycles. The van der Waals surface area contributed by atoms with Crippen LogP contribution in [0, 0.1) is 11.3 Å². The Labute approximate surface area is 172 Å². The normalized spacial score (nSPS) is 43.5. The predicted octanol–water partition coefficient (Wildman–Crippen LogP) is 2.89. The second-order valence-corrected chi connectivity index (χ2v) is 9.68. The quantitative estimate of drug-likeness (QED) is 0.737. The number of Topliss-reactive ketones (excluding diaryl/α,β-unsaturated/α-hetero) is 1. The molecule has 0 radical (unpaired) electrons. The summed E-state index contributed by atoms with van der Waals surface area (Å²) in [6.45, 7) is 2.73. The highest BCUT2D eigenvalue weighted by molar-refractivity contribution is 5.82. The molecule has 2 aliphatic heterocycles. The number of carbonyl (C=O) groups is 1. The Balaban J connectivity index is 1.72. The molecule has 0 amide bonds. The first-order valence-corrected chi connectivity index (χ1v) is 10.8. The van der Waals surface area contributed by atoms with E-state index in [9.17, 15) is 4.79 Å². The van der Waals surface area contributed by atoms with E-state index in [2.05, 4.69) is 30.2 Å². The Morgan fingerprint density at radius 3 is 2.83 bits per heavy atom. The molecule has 5 nitrogen and oxygen atoms in total. The molecule has 154 valence electrons. The summed E-state index contributed by atoms with van der Waals surface area (Å²) in [6, 6.07) is 4.68. The number of hydrogen-bond donors (Lipinski definition) is 0. The first-order valence-electron chi connectivity index (χ1n) is 10.8. The van der Waals surface area contributed by atoms with Gasteiger partial charge in [0.25, 0.3) is 0 Å². The monoisotopic (exact) mass is 395 g/mol. The van der Waals surface area contributed by atoms with Crippen molar-refractivity contribution in [2.24, 2.45) is 11.3 Å². The predicted molar refractivity (Wildman–Crippen MR) is 109 cm³/mol. The molecule has 6 aliphatic rings. The Bertz CT molecular complexity index is 956. The zero-order chi connectivity index (χ0) is 20.2. The van der Waals surface area contributed by atoms with Gasteiger partial charge in [0.05, 0.1) is 18.4 Å². The van der Waals surface area contributed by atoms with E-state index in [4.69, 9.17) is 14.2 Å². The largest absolute Gasteiger partial charge is 0.493 e. The van der Waals surface area contributed by atoms with Gasteiger partial charge in [-0.25, -0.2) is 0 Å². The molecule has 29 heavy (non-hydrogen) atoms. The van der Waals surface area contributed by atoms with Gasteiger partial charge in [-0.15, -0.1) is 0 Å². The summed E-state index contributed by atoms with van der Waals surface area (Å²) in [4.78, 5) is 15.4. The minimum absolute atomic E-state index is 0.115. The summed E-state index contributed by atoms with van der Waals surface area (Å²) in [5.41, 5.74) is 1.70. The van der Waals surface area contributed by atoms with Crippen LogP contribution in [-0.4, -0.2) is 56.2 Å². The number of methoxy groups -OCH3 is 2. The topological polar surface area (TPSA) is 48.0 Å². The second-order valence-electron chi connectivity index (χ2n) is 9.68. The molecular formula is C24H29NO4. The van der Waals surface area contributed by atoms with E-state index in [0.717, 1.165) is 43.7 Å². The van der Waals surface area contributed by atoms with E-state index < -0.39 is 5.60 Å². The third kappa shape index (κ3) is 1.72. The van der Waals surface area contributed by atoms with Crippen LogP contribution in [-0.2, 0) is 21.4 Å². The van der Waals surface area contributed by atoms with Crippen LogP contribution in [0.25, 0.3) is 0 Å². The Morgan fingerprint density at radius 1 is 1.28 bits per heavy atom. The summed E-state index contributed by atoms with van der Waals surface area (Å²) in [7, 11) is 5.70. The number of nitrogens with zero attached hydrogens (tertiary/aromatic N) is 1. The van der Waals surface area contributed by atoms with Crippen LogP contribution in [0.5, 0.6) is 11.5 Å². The van der Waals surface area contributed by atoms with Gasteiger partial charge in [0.1, 0.15) is 17.5 Å². The first kappa shape index (κ1) is 18.0. The number of likely N-dealkylation sites (N-methyl/N-ethyl adjacent to an activating group) is 1. The summed E-state index contributed by atoms with van der Waals surface area (Å²) >= 11 is 0. The lowest BCUT2D eigenvalue weighted by atomic mass is 9.43. The van der Waals surface area contributed by atoms with Gasteiger partial charge < -0.3 is 19.1 Å². The van der Waals surface area contributed by atoms with Crippen molar-refractivity contribution in [1.82, 2.24) is 4.90 Å². The van der Waals surface area contributed by atoms with Crippen molar-refractivity contribution >= 4 is 5.78 Å². The number of ether oxygens (including phenoxy) is 3. The van der Waals surface area contributed by atoms with Gasteiger partial charge in [0.2, 0.25) is 0 Å². The standard InChI is InChI=1S/C24H29NO4/c1-14(26)16-13-22-10-11-24(16,28-4)21-23(22)9-7-18(22)25(2)12-8-15-5-6-17(27-3)20(29-21)19(15)23/h5-6,10-11,16,18,21H,7-9,12-13H2,1-4H3/t16-,18?,21?,22?,23?,24?/m0/s1. The van der Waals surface area contributed by atoms with Crippen LogP contribution >= 0.6 is 0 Å². The van der Waals surface area contributed by atoms with E-state index in [-0.39, 0.29) is 28.6 Å². The van der Waals surface area contributed by atoms with Crippen molar-refractivity contribution in [1.29, 1.82) is 0 Å². The maximum atomic E-state index is 12.9. The van der Waals surface area contributed by atoms with Crippen molar-refractivity contribution in [2.45, 2.75) is 55.8 Å². The highest BCUT2D eigenvalue weighted by atomic mass is 16.6. The van der Waals surface area contributed by atoms with Crippen LogP contribution in [0.4, 0.5) is 0 Å². The maximum Gasteiger partial charge on any atom is 0.166 e. The highest BCUT2D eigenvalue weighted by Gasteiger charge is 2.79. The van der Waals surface area contributed by atoms with E-state index in [1.807, 2.05) is 6.07 Å². The molecule has 0 aromatic heterocycles. The third-order valence-corrected chi connectivity index (χ3v) is 9.04. The lowest BCUT2D eigenvalue weighted by molar-refractivity contribution is -0.186. The molecule has 1 aromatic rings. The summed E-state index contributed by atoms with van der Waals surface area (Å²) in [5.74, 6) is 1.69. The minimum Gasteiger partial charge on any atom is -0.493 e. The zero-order valence-corrected chi connectivity index (χ0v) is 17.7. The number of fused-ring (bicyclic) bond motifs is 1. The number of benzene rings is 1. The van der Waals surface area contributed by atoms with Crippen molar-refractivity contribution in [2.75, 3.05) is 27.8 Å². The second kappa shape index (κ2) is 5.44. The van der Waals surface area contributed by atoms with Gasteiger partial charge in [-0.2, -0.15) is 0 Å². The van der Waals surface area contributed by atoms with E-state index >= 15 is 0 Å². The zero-order valence-electron chi connectivity index (χ0n) is 17.7. The molecule has 4 bridgehead atoms. The Kier molecular flexibility index (Phi) is 3.37. The van der Waals surface area contributed by atoms with E-state index in [1.54, 1.807) is 21.1 Å². The molecule has 4 aliphatic carbocycles. The number of rotatable bonds is 3. The van der Waals surface area contributed by atoms with Gasteiger partial charge in [-0.1, -0.05) is 18.2 Å². The third-order valence-electron chi connectivity index (χ3n) is 9.04. The fraction of sp³-hybridized carbons (Fsp3) is 0.625. The Morgan fingerprint density at radius 2 is 2.10 bits per heavy atom. The molecule has 6 atom stereocenters. The lowest BCUT2D eigenvalue weighted by Crippen LogP contribution is -2.73. The fourth-order valence-corrected chi connectivity index (χ4v) is 7.94. The molecule has 7 rings (SSSR count). The van der Waals surface area contributed by atoms with Crippen LogP contribution in [0.3, 0.4) is 0 Å². The minimum atomic E-state index is -0.721. The van der Waals surface area contributed by atoms with Gasteiger partial charge in [0, 0.05) is 30.7 Å². The molecule has 5 heteroatoms. The van der Waals surface area contributed by atoms with E-state index in [0.29, 0.717) is 6.04 Å². The maximum absolute atomic E-state index is 12.9. The van der Waals surface area contributed by atoms with Gasteiger partial charge in [0.15, 0.2) is 11.5 Å². The highest BCUT2D eigenvalue weighted by Crippen LogP contribution is 2.75. The van der Waals surface area contributed by atoms with Gasteiger partial charge in [-0.3, -0.25) is 4.79 Å². The smallest absolute Gasteiger partial charge is 0.166 e. The lowest BCUT2D eigenvalue weighted by Gasteiger charge is -2.64. The molecule has 5 unspecified atom stereocenters. The average Bonchev–Trinajstić information content (AvgIpc) is 3.28. The first-order chi connectivity index (χ1) is 13.9. The molecule has 2 saturated carbocycles. The van der Waals surface area contributed by atoms with Crippen molar-refractivity contribution < 1.29 is 19.0 Å². The molecule has 2 fully saturated rings. The number of ketones is 1. The van der Waals surface area contributed by atoms with Crippen LogP contribution in [0.2, 0.25) is 0 Å². The Hall–Kier alpha value is -1.85. The van der Waals surface area contributed by atoms with Crippen molar-refractivity contribution in [3.05, 3.63) is 35.4 Å². The molecule has 2 heterocycles. The molecule has 2 spiro atoms. The van der Waals surface area contributed by atoms with E-state index in [1.165, 1.54) is 11.1 Å². The molecular weight excluding hydrogens is 366 g/mol. The number of carbonyl (C=O) groups excluding carboxylic acids is 1. The van der Waals surface area contributed by atoms with Crippen LogP contribution in [0.15, 0.2) is 24.3 Å². The fourth-order valence-electron chi connectivity index (χ4n) is 7.94. The molecule has 0 N–H and O–H groups in total. The van der Waals surface area contributed by atoms with Crippen LogP contribution < -0.4 is 9.47 Å². The number of hydrogen-bond acceptors (Lipinski definition) is 5. The average molecular weight is 395 g/mol. The summed E-state index contributed by atoms with van der Waals surface area (Å²) in [5, 5.41) is 0. The van der Waals surface area contributed by atoms with Gasteiger partial charge in [-0.05, 0) is 51.3 Å². The summed E-state index contributed by atoms with van der Waals surface area (Å²) < 4.78 is 18.8. The van der Waals surface area contributed by atoms with Crippen molar-refractivity contribution in [3.8, 4) is 11.5 Å². The SMILES string of the molecule is COc1ccc2c3c1OC1C4(OC)C=CC5(C[C@H]4C(C)=O)C(CCC315)N(C)CC2.